The third-order valence-electron chi connectivity index (χ3n) is 5.43. The number of alkyl halides is 1. The van der Waals surface area contributed by atoms with Crippen molar-refractivity contribution in [2.75, 3.05) is 5.33 Å². The van der Waals surface area contributed by atoms with Crippen LogP contribution < -0.4 is 0 Å². The molecule has 0 aliphatic heterocycles. The van der Waals surface area contributed by atoms with Gasteiger partial charge in [0.1, 0.15) is 5.78 Å². The van der Waals surface area contributed by atoms with Crippen molar-refractivity contribution >= 4 is 27.4 Å². The molecule has 1 atom stereocenters. The Bertz CT molecular complexity index is 559. The third-order valence-corrected chi connectivity index (χ3v) is 6.21. The minimum absolute atomic E-state index is 0.169. The van der Waals surface area contributed by atoms with Crippen molar-refractivity contribution in [2.45, 2.75) is 90.4 Å². The zero-order chi connectivity index (χ0) is 20.6. The van der Waals surface area contributed by atoms with E-state index in [-0.39, 0.29) is 16.5 Å². The van der Waals surface area contributed by atoms with E-state index in [0.717, 1.165) is 24.6 Å². The summed E-state index contributed by atoms with van der Waals surface area (Å²) < 4.78 is 0. The van der Waals surface area contributed by atoms with Gasteiger partial charge in [0.25, 0.3) is 5.69 Å². The summed E-state index contributed by atoms with van der Waals surface area (Å²) in [6, 6.07) is 6.94. The molecule has 28 heavy (non-hydrogen) atoms. The van der Waals surface area contributed by atoms with Gasteiger partial charge in [0.05, 0.1) is 4.92 Å². The number of hydrogen-bond acceptors (Lipinski definition) is 3. The Morgan fingerprint density at radius 2 is 1.36 bits per heavy atom. The molecule has 1 aromatic carbocycles. The smallest absolute Gasteiger partial charge is 0.269 e. The van der Waals surface area contributed by atoms with Crippen LogP contribution in [0.1, 0.15) is 89.5 Å². The molecule has 0 spiro atoms. The van der Waals surface area contributed by atoms with Crippen LogP contribution in [-0.4, -0.2) is 16.0 Å². The van der Waals surface area contributed by atoms with E-state index < -0.39 is 0 Å². The number of halogens is 1. The third kappa shape index (κ3) is 11.6. The molecule has 4 nitrogen and oxygen atoms in total. The molecule has 0 N–H and O–H groups in total. The molecule has 1 aromatic rings. The van der Waals surface area contributed by atoms with Gasteiger partial charge < -0.3 is 0 Å². The Kier molecular flexibility index (Phi) is 13.9. The van der Waals surface area contributed by atoms with E-state index >= 15 is 0 Å². The maximum absolute atomic E-state index is 11.4. The zero-order valence-electron chi connectivity index (χ0n) is 17.3. The lowest BCUT2D eigenvalue weighted by Crippen LogP contribution is -2.11. The fourth-order valence-electron chi connectivity index (χ4n) is 3.48. The van der Waals surface area contributed by atoms with Gasteiger partial charge in [-0.2, -0.15) is 0 Å². The summed E-state index contributed by atoms with van der Waals surface area (Å²) in [5, 5.41) is 11.4. The van der Waals surface area contributed by atoms with Gasteiger partial charge in [0.15, 0.2) is 0 Å². The zero-order valence-corrected chi connectivity index (χ0v) is 18.9. The molecule has 0 radical (unpaired) electrons. The molecule has 1 unspecified atom stereocenters. The van der Waals surface area contributed by atoms with E-state index in [1.165, 1.54) is 69.8 Å². The number of nitrogens with zero attached hydrogens (tertiary/aromatic N) is 1. The topological polar surface area (TPSA) is 60.2 Å². The number of ketones is 1. The predicted octanol–water partition coefficient (Wildman–Crippen LogP) is 7.42. The van der Waals surface area contributed by atoms with Gasteiger partial charge in [0, 0.05) is 23.4 Å². The number of unbranched alkanes of at least 4 members (excludes halogenated alkanes) is 10. The standard InChI is InChI=1S/C23H36BrNO3/c1-20(26)22(19-24)14-12-10-8-6-4-2-3-5-7-9-11-13-21-15-17-23(18-16-21)25(27)28/h15-18,22H,2-14,19H2,1H3. The van der Waals surface area contributed by atoms with Gasteiger partial charge in [-0.25, -0.2) is 0 Å². The fraction of sp³-hybridized carbons (Fsp3) is 0.696. The highest BCUT2D eigenvalue weighted by Crippen LogP contribution is 2.17. The Hall–Kier alpha value is -1.23. The summed E-state index contributed by atoms with van der Waals surface area (Å²) in [6.07, 6.45) is 16.1. The van der Waals surface area contributed by atoms with Crippen LogP contribution in [0.25, 0.3) is 0 Å². The van der Waals surface area contributed by atoms with Crippen LogP contribution in [0.2, 0.25) is 0 Å². The molecule has 0 fully saturated rings. The monoisotopic (exact) mass is 453 g/mol. The quantitative estimate of drug-likeness (QED) is 0.107. The highest BCUT2D eigenvalue weighted by Gasteiger charge is 2.11. The van der Waals surface area contributed by atoms with E-state index in [9.17, 15) is 14.9 Å². The highest BCUT2D eigenvalue weighted by molar-refractivity contribution is 9.09. The van der Waals surface area contributed by atoms with Gasteiger partial charge in [-0.1, -0.05) is 92.3 Å². The van der Waals surface area contributed by atoms with Crippen LogP contribution in [-0.2, 0) is 11.2 Å². The number of Topliss-reactive ketones (excluding diaryl/α,β-unsaturated/α-hetero) is 1. The minimum atomic E-state index is -0.349. The van der Waals surface area contributed by atoms with Crippen molar-refractivity contribution in [3.8, 4) is 0 Å². The van der Waals surface area contributed by atoms with Crippen LogP contribution in [0.5, 0.6) is 0 Å². The molecule has 0 aliphatic rings. The average Bonchev–Trinajstić information content (AvgIpc) is 2.68. The summed E-state index contributed by atoms with van der Waals surface area (Å²) in [6.45, 7) is 1.70. The van der Waals surface area contributed by atoms with Gasteiger partial charge >= 0.3 is 0 Å². The first-order valence-corrected chi connectivity index (χ1v) is 12.0. The summed E-state index contributed by atoms with van der Waals surface area (Å²) in [5.74, 6) is 0.519. The molecular formula is C23H36BrNO3. The van der Waals surface area contributed by atoms with Crippen molar-refractivity contribution in [2.24, 2.45) is 5.92 Å². The normalized spacial score (nSPS) is 12.1. The van der Waals surface area contributed by atoms with Crippen molar-refractivity contribution < 1.29 is 9.72 Å². The summed E-state index contributed by atoms with van der Waals surface area (Å²) in [5.41, 5.74) is 1.36. The van der Waals surface area contributed by atoms with Crippen molar-refractivity contribution in [1.82, 2.24) is 0 Å². The summed E-state index contributed by atoms with van der Waals surface area (Å²) in [4.78, 5) is 21.6. The maximum atomic E-state index is 11.4. The summed E-state index contributed by atoms with van der Waals surface area (Å²) >= 11 is 3.43. The first kappa shape index (κ1) is 24.8. The van der Waals surface area contributed by atoms with Crippen LogP contribution in [0.15, 0.2) is 24.3 Å². The molecule has 0 saturated heterocycles. The lowest BCUT2D eigenvalue weighted by atomic mass is 9.98. The van der Waals surface area contributed by atoms with Gasteiger partial charge in [-0.3, -0.25) is 14.9 Å². The SMILES string of the molecule is CC(=O)C(CBr)CCCCCCCCCCCCCc1ccc([N+](=O)[O-])cc1. The number of nitro benzene ring substituents is 1. The van der Waals surface area contributed by atoms with Gasteiger partial charge in [-0.05, 0) is 31.7 Å². The maximum Gasteiger partial charge on any atom is 0.269 e. The second-order valence-electron chi connectivity index (χ2n) is 7.81. The second-order valence-corrected chi connectivity index (χ2v) is 8.46. The number of rotatable bonds is 17. The summed E-state index contributed by atoms with van der Waals surface area (Å²) in [7, 11) is 0. The van der Waals surface area contributed by atoms with E-state index in [4.69, 9.17) is 0 Å². The van der Waals surface area contributed by atoms with Crippen molar-refractivity contribution in [3.05, 3.63) is 39.9 Å². The number of hydrogen-bond donors (Lipinski definition) is 0. The van der Waals surface area contributed by atoms with Gasteiger partial charge in [0.2, 0.25) is 0 Å². The second kappa shape index (κ2) is 15.7. The molecule has 5 heteroatoms. The molecule has 1 rings (SSSR count). The first-order chi connectivity index (χ1) is 13.5. The van der Waals surface area contributed by atoms with Crippen LogP contribution in [0, 0.1) is 16.0 Å². The van der Waals surface area contributed by atoms with E-state index in [1.54, 1.807) is 19.1 Å². The van der Waals surface area contributed by atoms with Crippen LogP contribution >= 0.6 is 15.9 Å². The highest BCUT2D eigenvalue weighted by atomic mass is 79.9. The molecule has 0 heterocycles. The van der Waals surface area contributed by atoms with Crippen LogP contribution in [0.3, 0.4) is 0 Å². The van der Waals surface area contributed by atoms with E-state index in [0.29, 0.717) is 5.78 Å². The number of carbonyl (C=O) groups is 1. The molecule has 0 amide bonds. The Morgan fingerprint density at radius 1 is 0.893 bits per heavy atom. The lowest BCUT2D eigenvalue weighted by Gasteiger charge is -2.09. The van der Waals surface area contributed by atoms with E-state index in [2.05, 4.69) is 15.9 Å². The van der Waals surface area contributed by atoms with Gasteiger partial charge in [-0.15, -0.1) is 0 Å². The molecule has 0 bridgehead atoms. The number of carbonyl (C=O) groups excluding carboxylic acids is 1. The number of nitro groups is 1. The number of non-ortho nitro benzene ring substituents is 1. The Labute approximate surface area is 178 Å². The Morgan fingerprint density at radius 3 is 1.79 bits per heavy atom. The fourth-order valence-corrected chi connectivity index (χ4v) is 4.26. The molecule has 0 saturated carbocycles. The molecule has 0 aliphatic carbocycles. The average molecular weight is 454 g/mol. The molecular weight excluding hydrogens is 418 g/mol. The van der Waals surface area contributed by atoms with E-state index in [1.807, 2.05) is 12.1 Å². The first-order valence-electron chi connectivity index (χ1n) is 10.8. The Balaban J connectivity index is 1.88. The number of benzene rings is 1. The molecule has 0 aromatic heterocycles. The van der Waals surface area contributed by atoms with Crippen molar-refractivity contribution in [1.29, 1.82) is 0 Å². The predicted molar refractivity (Wildman–Crippen MR) is 120 cm³/mol. The number of aryl methyl sites for hydroxylation is 1. The lowest BCUT2D eigenvalue weighted by molar-refractivity contribution is -0.384. The van der Waals surface area contributed by atoms with Crippen molar-refractivity contribution in [3.63, 3.8) is 0 Å². The minimum Gasteiger partial charge on any atom is -0.300 e. The van der Waals surface area contributed by atoms with Crippen LogP contribution in [0.4, 0.5) is 5.69 Å². The molecule has 158 valence electrons. The largest absolute Gasteiger partial charge is 0.300 e.